The van der Waals surface area contributed by atoms with E-state index in [2.05, 4.69) is 50.9 Å². The van der Waals surface area contributed by atoms with Crippen LogP contribution in [0.5, 0.6) is 0 Å². The number of sulfonamides is 3. The highest BCUT2D eigenvalue weighted by atomic mass is 32.2. The Morgan fingerprint density at radius 1 is 0.351 bits per heavy atom. The number of hydrogen-bond donors (Lipinski definition) is 6. The summed E-state index contributed by atoms with van der Waals surface area (Å²) in [6.45, 7) is 15.6. The van der Waals surface area contributed by atoms with Gasteiger partial charge in [0.15, 0.2) is 0 Å². The lowest BCUT2D eigenvalue weighted by Crippen LogP contribution is -2.34. The van der Waals surface area contributed by atoms with E-state index >= 15 is 0 Å². The number of benzene rings is 4. The van der Waals surface area contributed by atoms with Gasteiger partial charge in [0.1, 0.15) is 0 Å². The van der Waals surface area contributed by atoms with Crippen molar-refractivity contribution in [2.24, 2.45) is 0 Å². The largest absolute Gasteiger partial charge is 0.311 e. The Morgan fingerprint density at radius 3 is 0.789 bits per heavy atom. The van der Waals surface area contributed by atoms with Crippen molar-refractivity contribution in [3.63, 3.8) is 0 Å². The van der Waals surface area contributed by atoms with Crippen molar-refractivity contribution in [3.05, 3.63) is 123 Å². The van der Waals surface area contributed by atoms with Crippen molar-refractivity contribution in [1.29, 1.82) is 0 Å². The Hall–Kier alpha value is -3.51. The summed E-state index contributed by atoms with van der Waals surface area (Å²) in [4.78, 5) is 0.680. The summed E-state index contributed by atoms with van der Waals surface area (Å²) in [7, 11) is -10.9. The van der Waals surface area contributed by atoms with Gasteiger partial charge in [-0.1, -0.05) is 73.9 Å². The van der Waals surface area contributed by atoms with Gasteiger partial charge in [-0.15, -0.1) is 0 Å². The van der Waals surface area contributed by atoms with E-state index in [4.69, 9.17) is 0 Å². The number of hydrogen-bond acceptors (Lipinski definition) is 9. The van der Waals surface area contributed by atoms with Crippen molar-refractivity contribution in [3.8, 4) is 0 Å². The molecule has 4 aromatic rings. The van der Waals surface area contributed by atoms with Crippen molar-refractivity contribution in [2.45, 2.75) is 95.1 Å². The van der Waals surface area contributed by atoms with Gasteiger partial charge in [0.05, 0.1) is 14.7 Å². The van der Waals surface area contributed by atoms with Gasteiger partial charge in [-0.05, 0) is 110 Å². The third kappa shape index (κ3) is 13.0. The fourth-order valence-corrected chi connectivity index (χ4v) is 9.97. The molecule has 0 bridgehead atoms. The fraction of sp³-hybridized carbons (Fsp3) is 0.429. The smallest absolute Gasteiger partial charge is 0.240 e. The highest BCUT2D eigenvalue weighted by Crippen LogP contribution is 2.31. The maximum atomic E-state index is 12.9. The maximum absolute atomic E-state index is 12.9. The minimum atomic E-state index is -3.65. The molecule has 0 saturated carbocycles. The summed E-state index contributed by atoms with van der Waals surface area (Å²) in [6, 6.07) is 20.3. The van der Waals surface area contributed by atoms with E-state index in [1.54, 1.807) is 72.8 Å². The molecule has 0 unspecified atom stereocenters. The van der Waals surface area contributed by atoms with Gasteiger partial charge in [-0.3, -0.25) is 0 Å². The van der Waals surface area contributed by atoms with Crippen LogP contribution in [0.1, 0.15) is 70.8 Å². The molecular formula is C42H60N6O6S3. The summed E-state index contributed by atoms with van der Waals surface area (Å²) < 4.78 is 85.4. The molecule has 0 aliphatic rings. The second-order valence-corrected chi connectivity index (χ2v) is 19.4. The summed E-state index contributed by atoms with van der Waals surface area (Å²) in [6.07, 6.45) is 2.30. The molecule has 0 heterocycles. The average molecular weight is 841 g/mol. The summed E-state index contributed by atoms with van der Waals surface area (Å²) in [5.41, 5.74) is 10.1. The Bertz CT molecular complexity index is 1970. The molecule has 15 heteroatoms. The molecule has 4 aromatic carbocycles. The molecule has 312 valence electrons. The van der Waals surface area contributed by atoms with E-state index in [0.29, 0.717) is 39.3 Å². The minimum absolute atomic E-state index is 0.214. The first kappa shape index (κ1) is 46.2. The van der Waals surface area contributed by atoms with Gasteiger partial charge in [-0.2, -0.15) is 0 Å². The second kappa shape index (κ2) is 21.5. The quantitative estimate of drug-likeness (QED) is 0.0556. The second-order valence-electron chi connectivity index (χ2n) is 14.1. The Balaban J connectivity index is 1.50. The molecule has 12 nitrogen and oxygen atoms in total. The van der Waals surface area contributed by atoms with Crippen molar-refractivity contribution >= 4 is 30.1 Å². The van der Waals surface area contributed by atoms with Gasteiger partial charge in [-0.25, -0.2) is 39.4 Å². The average Bonchev–Trinajstić information content (AvgIpc) is 3.17. The molecule has 0 aliphatic heterocycles. The summed E-state index contributed by atoms with van der Waals surface area (Å²) in [5.74, 6) is 0. The highest BCUT2D eigenvalue weighted by molar-refractivity contribution is 7.90. The zero-order valence-corrected chi connectivity index (χ0v) is 36.5. The Morgan fingerprint density at radius 2 is 0.579 bits per heavy atom. The minimum Gasteiger partial charge on any atom is -0.311 e. The van der Waals surface area contributed by atoms with E-state index < -0.39 is 30.1 Å². The van der Waals surface area contributed by atoms with Gasteiger partial charge >= 0.3 is 0 Å². The lowest BCUT2D eigenvalue weighted by Gasteiger charge is -2.27. The van der Waals surface area contributed by atoms with Crippen molar-refractivity contribution in [1.82, 2.24) is 30.1 Å². The van der Waals surface area contributed by atoms with E-state index in [1.165, 1.54) is 16.7 Å². The zero-order valence-electron chi connectivity index (χ0n) is 34.1. The normalized spacial score (nSPS) is 12.3. The van der Waals surface area contributed by atoms with E-state index in [0.717, 1.165) is 52.6 Å². The Kier molecular flexibility index (Phi) is 17.4. The van der Waals surface area contributed by atoms with Gasteiger partial charge < -0.3 is 16.0 Å². The molecule has 6 N–H and O–H groups in total. The van der Waals surface area contributed by atoms with Crippen LogP contribution >= 0.6 is 0 Å². The monoisotopic (exact) mass is 840 g/mol. The molecule has 0 aliphatic carbocycles. The van der Waals surface area contributed by atoms with Crippen molar-refractivity contribution in [2.75, 3.05) is 39.3 Å². The predicted molar refractivity (Wildman–Crippen MR) is 229 cm³/mol. The maximum Gasteiger partial charge on any atom is 0.240 e. The molecule has 0 spiro atoms. The summed E-state index contributed by atoms with van der Waals surface area (Å²) in [5, 5.41) is 10.4. The Labute approximate surface area is 341 Å². The third-order valence-electron chi connectivity index (χ3n) is 9.93. The van der Waals surface area contributed by atoms with E-state index in [9.17, 15) is 25.3 Å². The first-order valence-electron chi connectivity index (χ1n) is 19.6. The molecule has 0 atom stereocenters. The van der Waals surface area contributed by atoms with Crippen LogP contribution in [0, 0.1) is 20.8 Å². The standard InChI is InChI=1S/C42H60N6O6S3/c1-7-37-40(28-43-22-25-46-55(49,50)34-16-10-31(4)11-17-34)38(8-2)42(30-45-24-27-48-57(53,54)36-20-14-33(6)15-21-36)39(9-3)41(37)29-44-23-26-47-56(51,52)35-18-12-32(5)13-19-35/h10-21,43-48H,7-9,22-30H2,1-6H3. The molecule has 0 saturated heterocycles. The van der Waals surface area contributed by atoms with Crippen LogP contribution in [0.2, 0.25) is 0 Å². The predicted octanol–water partition coefficient (Wildman–Crippen LogP) is 4.50. The molecular weight excluding hydrogens is 781 g/mol. The number of aryl methyl sites for hydroxylation is 3. The van der Waals surface area contributed by atoms with Gasteiger partial charge in [0.2, 0.25) is 30.1 Å². The SMILES string of the molecule is CCc1c(CNCCNS(=O)(=O)c2ccc(C)cc2)c(CC)c(CNCCNS(=O)(=O)c2ccc(C)cc2)c(CC)c1CNCCNS(=O)(=O)c1ccc(C)cc1. The zero-order chi connectivity index (χ0) is 41.6. The van der Waals surface area contributed by atoms with Crippen LogP contribution in [-0.2, 0) is 69.0 Å². The first-order chi connectivity index (χ1) is 27.1. The molecule has 0 radical (unpaired) electrons. The number of nitrogens with one attached hydrogen (secondary N) is 6. The van der Waals surface area contributed by atoms with Crippen LogP contribution in [0.25, 0.3) is 0 Å². The van der Waals surface area contributed by atoms with E-state index in [-0.39, 0.29) is 34.3 Å². The van der Waals surface area contributed by atoms with Crippen LogP contribution in [-0.4, -0.2) is 64.5 Å². The summed E-state index contributed by atoms with van der Waals surface area (Å²) >= 11 is 0. The number of rotatable bonds is 24. The van der Waals surface area contributed by atoms with Gasteiger partial charge in [0, 0.05) is 58.9 Å². The lowest BCUT2D eigenvalue weighted by atomic mass is 9.83. The molecule has 0 amide bonds. The van der Waals surface area contributed by atoms with Crippen LogP contribution in [0.15, 0.2) is 87.5 Å². The highest BCUT2D eigenvalue weighted by Gasteiger charge is 2.22. The lowest BCUT2D eigenvalue weighted by molar-refractivity contribution is 0.574. The molecule has 0 fully saturated rings. The fourth-order valence-electron chi connectivity index (χ4n) is 6.88. The van der Waals surface area contributed by atoms with E-state index in [1.807, 2.05) is 20.8 Å². The third-order valence-corrected chi connectivity index (χ3v) is 14.4. The molecule has 4 rings (SSSR count). The topological polar surface area (TPSA) is 175 Å². The van der Waals surface area contributed by atoms with Gasteiger partial charge in [0.25, 0.3) is 0 Å². The van der Waals surface area contributed by atoms with Crippen LogP contribution in [0.3, 0.4) is 0 Å². The van der Waals surface area contributed by atoms with Crippen molar-refractivity contribution < 1.29 is 25.3 Å². The van der Waals surface area contributed by atoms with Crippen LogP contribution in [0.4, 0.5) is 0 Å². The van der Waals surface area contributed by atoms with Crippen LogP contribution < -0.4 is 30.1 Å². The molecule has 57 heavy (non-hydrogen) atoms. The molecule has 0 aromatic heterocycles. The first-order valence-corrected chi connectivity index (χ1v) is 24.1.